The van der Waals surface area contributed by atoms with E-state index in [-0.39, 0.29) is 5.91 Å². The van der Waals surface area contributed by atoms with Crippen molar-refractivity contribution >= 4 is 17.7 Å². The van der Waals surface area contributed by atoms with Crippen LogP contribution in [-0.4, -0.2) is 18.8 Å². The lowest BCUT2D eigenvalue weighted by atomic mass is 10.2. The van der Waals surface area contributed by atoms with E-state index in [1.165, 1.54) is 11.8 Å². The molecule has 0 saturated carbocycles. The fourth-order valence-corrected chi connectivity index (χ4v) is 2.48. The third kappa shape index (κ3) is 1.51. The average Bonchev–Trinajstić information content (AvgIpc) is 2.63. The zero-order valence-electron chi connectivity index (χ0n) is 7.82. The van der Waals surface area contributed by atoms with Gasteiger partial charge < -0.3 is 10.1 Å². The molecular formula is C10H11NO2S. The van der Waals surface area contributed by atoms with Gasteiger partial charge in [0.15, 0.2) is 0 Å². The van der Waals surface area contributed by atoms with Gasteiger partial charge in [-0.15, -0.1) is 0 Å². The fourth-order valence-electron chi connectivity index (χ4n) is 1.46. The Labute approximate surface area is 86.8 Å². The highest BCUT2D eigenvalue weighted by Crippen LogP contribution is 2.38. The van der Waals surface area contributed by atoms with Gasteiger partial charge in [-0.1, -0.05) is 42.1 Å². The van der Waals surface area contributed by atoms with E-state index in [4.69, 9.17) is 4.74 Å². The minimum atomic E-state index is -0.682. The quantitative estimate of drug-likeness (QED) is 0.798. The summed E-state index contributed by atoms with van der Waals surface area (Å²) in [5.41, 5.74) is 0.971. The fraction of sp³-hybridized carbons (Fsp3) is 0.300. The molecule has 0 aromatic heterocycles. The molecule has 0 bridgehead atoms. The van der Waals surface area contributed by atoms with Crippen LogP contribution in [0.2, 0.25) is 0 Å². The maximum Gasteiger partial charge on any atom is 0.233 e. The van der Waals surface area contributed by atoms with Gasteiger partial charge >= 0.3 is 0 Å². The molecule has 1 aliphatic heterocycles. The molecule has 0 spiro atoms. The van der Waals surface area contributed by atoms with Crippen LogP contribution in [0.5, 0.6) is 0 Å². The van der Waals surface area contributed by atoms with Crippen LogP contribution in [0.15, 0.2) is 30.3 Å². The number of carbonyl (C=O) groups is 1. The molecule has 1 heterocycles. The summed E-state index contributed by atoms with van der Waals surface area (Å²) in [5, 5.41) is 2.15. The Balaban J connectivity index is 2.34. The third-order valence-electron chi connectivity index (χ3n) is 2.15. The number of hydrogen-bond donors (Lipinski definition) is 1. The summed E-state index contributed by atoms with van der Waals surface area (Å²) in [5.74, 6) is 0.462. The number of carbonyl (C=O) groups excluding carboxylic acids is 1. The van der Waals surface area contributed by atoms with Crippen molar-refractivity contribution in [1.29, 1.82) is 0 Å². The minimum Gasteiger partial charge on any atom is -0.346 e. The Bertz CT molecular complexity index is 341. The van der Waals surface area contributed by atoms with Crippen molar-refractivity contribution in [1.82, 2.24) is 5.32 Å². The molecule has 1 fully saturated rings. The summed E-state index contributed by atoms with van der Waals surface area (Å²) in [4.78, 5) is 11.2. The van der Waals surface area contributed by atoms with Gasteiger partial charge in [-0.25, -0.2) is 0 Å². The lowest BCUT2D eigenvalue weighted by Gasteiger charge is -2.26. The second kappa shape index (κ2) is 3.63. The van der Waals surface area contributed by atoms with Gasteiger partial charge in [0.05, 0.1) is 5.75 Å². The van der Waals surface area contributed by atoms with E-state index in [0.717, 1.165) is 5.56 Å². The van der Waals surface area contributed by atoms with Gasteiger partial charge in [0, 0.05) is 12.7 Å². The van der Waals surface area contributed by atoms with E-state index in [1.807, 2.05) is 30.3 Å². The van der Waals surface area contributed by atoms with Crippen molar-refractivity contribution in [2.75, 3.05) is 12.9 Å². The van der Waals surface area contributed by atoms with Crippen LogP contribution in [-0.2, 0) is 14.6 Å². The van der Waals surface area contributed by atoms with Crippen molar-refractivity contribution < 1.29 is 9.53 Å². The lowest BCUT2D eigenvalue weighted by Crippen LogP contribution is -2.38. The molecule has 3 nitrogen and oxygen atoms in total. The van der Waals surface area contributed by atoms with E-state index in [1.54, 1.807) is 7.11 Å². The van der Waals surface area contributed by atoms with Crippen LogP contribution < -0.4 is 5.32 Å². The first kappa shape index (κ1) is 9.55. The van der Waals surface area contributed by atoms with Crippen molar-refractivity contribution in [3.8, 4) is 0 Å². The highest BCUT2D eigenvalue weighted by Gasteiger charge is 2.40. The summed E-state index contributed by atoms with van der Waals surface area (Å²) >= 11 is 1.47. The average molecular weight is 209 g/mol. The molecule has 1 atom stereocenters. The van der Waals surface area contributed by atoms with Crippen LogP contribution in [0.4, 0.5) is 0 Å². The van der Waals surface area contributed by atoms with E-state index < -0.39 is 5.06 Å². The first-order valence-corrected chi connectivity index (χ1v) is 5.31. The standard InChI is InChI=1S/C10H11NO2S/c1-13-10(11-9(12)7-14-10)8-5-3-2-4-6-8/h2-6H,7H2,1H3,(H,11,12). The van der Waals surface area contributed by atoms with Crippen LogP contribution >= 0.6 is 11.8 Å². The highest BCUT2D eigenvalue weighted by molar-refractivity contribution is 8.01. The largest absolute Gasteiger partial charge is 0.346 e. The second-order valence-corrected chi connectivity index (χ2v) is 4.18. The molecule has 2 rings (SSSR count). The first-order valence-electron chi connectivity index (χ1n) is 4.32. The second-order valence-electron chi connectivity index (χ2n) is 3.02. The zero-order chi connectivity index (χ0) is 10.0. The summed E-state index contributed by atoms with van der Waals surface area (Å²) in [7, 11) is 1.60. The Morgan fingerprint density at radius 2 is 2.14 bits per heavy atom. The molecule has 14 heavy (non-hydrogen) atoms. The van der Waals surface area contributed by atoms with Gasteiger partial charge in [0.1, 0.15) is 0 Å². The summed E-state index contributed by atoms with van der Waals surface area (Å²) in [6.45, 7) is 0. The van der Waals surface area contributed by atoms with Crippen LogP contribution in [0.1, 0.15) is 5.56 Å². The normalized spacial score (nSPS) is 26.2. The highest BCUT2D eigenvalue weighted by atomic mass is 32.2. The van der Waals surface area contributed by atoms with E-state index in [9.17, 15) is 4.79 Å². The van der Waals surface area contributed by atoms with E-state index in [0.29, 0.717) is 5.75 Å². The minimum absolute atomic E-state index is 0.0145. The summed E-state index contributed by atoms with van der Waals surface area (Å²) in [6.07, 6.45) is 0. The third-order valence-corrected chi connectivity index (χ3v) is 3.47. The van der Waals surface area contributed by atoms with Gasteiger partial charge in [-0.05, 0) is 0 Å². The van der Waals surface area contributed by atoms with Crippen LogP contribution in [0.25, 0.3) is 0 Å². The van der Waals surface area contributed by atoms with Crippen LogP contribution in [0, 0.1) is 0 Å². The molecule has 1 aliphatic rings. The van der Waals surface area contributed by atoms with Gasteiger partial charge in [-0.2, -0.15) is 0 Å². The lowest BCUT2D eigenvalue weighted by molar-refractivity contribution is -0.122. The van der Waals surface area contributed by atoms with Crippen molar-refractivity contribution in [2.45, 2.75) is 5.06 Å². The predicted molar refractivity (Wildman–Crippen MR) is 55.7 cm³/mol. The Morgan fingerprint density at radius 1 is 1.43 bits per heavy atom. The van der Waals surface area contributed by atoms with Gasteiger partial charge in [0.25, 0.3) is 0 Å². The molecule has 1 N–H and O–H groups in total. The number of nitrogens with one attached hydrogen (secondary N) is 1. The number of benzene rings is 1. The number of rotatable bonds is 2. The predicted octanol–water partition coefficient (Wildman–Crippen LogP) is 1.31. The summed E-state index contributed by atoms with van der Waals surface area (Å²) in [6, 6.07) is 9.70. The molecule has 1 amide bonds. The Morgan fingerprint density at radius 3 is 2.64 bits per heavy atom. The van der Waals surface area contributed by atoms with Crippen LogP contribution in [0.3, 0.4) is 0 Å². The van der Waals surface area contributed by atoms with Crippen molar-refractivity contribution in [3.63, 3.8) is 0 Å². The molecule has 1 aromatic carbocycles. The maximum atomic E-state index is 11.2. The maximum absolute atomic E-state index is 11.2. The molecule has 1 saturated heterocycles. The smallest absolute Gasteiger partial charge is 0.233 e. The molecule has 0 radical (unpaired) electrons. The van der Waals surface area contributed by atoms with Gasteiger partial charge in [0.2, 0.25) is 11.0 Å². The molecule has 0 aliphatic carbocycles. The number of methoxy groups -OCH3 is 1. The number of ether oxygens (including phenoxy) is 1. The topological polar surface area (TPSA) is 38.3 Å². The molecule has 1 aromatic rings. The zero-order valence-corrected chi connectivity index (χ0v) is 8.64. The molecule has 4 heteroatoms. The Hall–Kier alpha value is -1.000. The number of thioether (sulfide) groups is 1. The monoisotopic (exact) mass is 209 g/mol. The number of amides is 1. The summed E-state index contributed by atoms with van der Waals surface area (Å²) < 4.78 is 5.39. The van der Waals surface area contributed by atoms with Gasteiger partial charge in [-0.3, -0.25) is 4.79 Å². The van der Waals surface area contributed by atoms with Crippen molar-refractivity contribution in [2.24, 2.45) is 0 Å². The van der Waals surface area contributed by atoms with Crippen molar-refractivity contribution in [3.05, 3.63) is 35.9 Å². The SMILES string of the molecule is COC1(c2ccccc2)NC(=O)CS1. The van der Waals surface area contributed by atoms with E-state index in [2.05, 4.69) is 5.32 Å². The molecule has 1 unspecified atom stereocenters. The first-order chi connectivity index (χ1) is 6.77. The molecular weight excluding hydrogens is 198 g/mol. The molecule has 74 valence electrons. The number of hydrogen-bond acceptors (Lipinski definition) is 3. The Kier molecular flexibility index (Phi) is 2.48. The van der Waals surface area contributed by atoms with E-state index >= 15 is 0 Å².